The molecule has 1 aliphatic rings. The minimum absolute atomic E-state index is 0.530. The summed E-state index contributed by atoms with van der Waals surface area (Å²) in [6.07, 6.45) is 5.37. The topological polar surface area (TPSA) is 45.4 Å². The number of furan rings is 1. The number of benzene rings is 1. The first-order valence-corrected chi connectivity index (χ1v) is 8.09. The Morgan fingerprint density at radius 3 is 2.76 bits per heavy atom. The molecule has 2 aromatic rings. The van der Waals surface area contributed by atoms with Crippen LogP contribution in [-0.4, -0.2) is 17.3 Å². The van der Waals surface area contributed by atoms with E-state index in [9.17, 15) is 5.11 Å². The first-order chi connectivity index (χ1) is 10.2. The Balaban J connectivity index is 1.51. The van der Waals surface area contributed by atoms with Crippen LogP contribution in [0.25, 0.3) is 11.0 Å². The summed E-state index contributed by atoms with van der Waals surface area (Å²) in [5.41, 5.74) is 0.397. The Bertz CT molecular complexity index is 549. The Hall–Kier alpha value is -1.32. The number of fused-ring (bicyclic) bond motifs is 1. The average Bonchev–Trinajstić information content (AvgIpc) is 2.90. The second-order valence-electron chi connectivity index (χ2n) is 6.43. The maximum atomic E-state index is 10.6. The van der Waals surface area contributed by atoms with Gasteiger partial charge in [0, 0.05) is 11.9 Å². The summed E-state index contributed by atoms with van der Waals surface area (Å²) in [7, 11) is 0. The fourth-order valence-electron chi connectivity index (χ4n) is 3.34. The molecule has 1 aliphatic carbocycles. The Morgan fingerprint density at radius 2 is 2.05 bits per heavy atom. The normalized spacial score (nSPS) is 26.3. The molecule has 3 nitrogen and oxygen atoms in total. The standard InChI is InChI=1S/C18H25NO2/c1-2-14-7-9-18(20,10-8-14)13-19-12-16-11-15-5-3-4-6-17(15)21-16/h3-6,11,14,19-20H,2,7-10,12-13H2,1H3. The molecule has 0 unspecified atom stereocenters. The van der Waals surface area contributed by atoms with Gasteiger partial charge in [-0.05, 0) is 43.7 Å². The van der Waals surface area contributed by atoms with Crippen LogP contribution < -0.4 is 5.32 Å². The molecule has 0 aliphatic heterocycles. The first kappa shape index (κ1) is 14.6. The molecule has 114 valence electrons. The molecule has 3 rings (SSSR count). The van der Waals surface area contributed by atoms with Crippen LogP contribution in [0.2, 0.25) is 0 Å². The van der Waals surface area contributed by atoms with Gasteiger partial charge in [0.05, 0.1) is 12.1 Å². The highest BCUT2D eigenvalue weighted by Gasteiger charge is 2.32. The monoisotopic (exact) mass is 287 g/mol. The van der Waals surface area contributed by atoms with E-state index in [1.54, 1.807) is 0 Å². The van der Waals surface area contributed by atoms with Gasteiger partial charge in [0.15, 0.2) is 0 Å². The summed E-state index contributed by atoms with van der Waals surface area (Å²) >= 11 is 0. The minimum Gasteiger partial charge on any atom is -0.460 e. The Kier molecular flexibility index (Phi) is 4.32. The van der Waals surface area contributed by atoms with Crippen molar-refractivity contribution in [3.05, 3.63) is 36.1 Å². The molecule has 0 atom stereocenters. The molecule has 3 heteroatoms. The van der Waals surface area contributed by atoms with E-state index in [-0.39, 0.29) is 0 Å². The molecule has 0 bridgehead atoms. The molecule has 0 spiro atoms. The van der Waals surface area contributed by atoms with Gasteiger partial charge in [-0.25, -0.2) is 0 Å². The highest BCUT2D eigenvalue weighted by Crippen LogP contribution is 2.33. The van der Waals surface area contributed by atoms with E-state index in [2.05, 4.69) is 24.4 Å². The number of hydrogen-bond donors (Lipinski definition) is 2. The highest BCUT2D eigenvalue weighted by atomic mass is 16.3. The lowest BCUT2D eigenvalue weighted by atomic mass is 9.78. The van der Waals surface area contributed by atoms with Gasteiger partial charge in [0.2, 0.25) is 0 Å². The van der Waals surface area contributed by atoms with E-state index in [1.165, 1.54) is 6.42 Å². The Morgan fingerprint density at radius 1 is 1.29 bits per heavy atom. The fraction of sp³-hybridized carbons (Fsp3) is 0.556. The SMILES string of the molecule is CCC1CCC(O)(CNCc2cc3ccccc3o2)CC1. The van der Waals surface area contributed by atoms with Crippen LogP contribution in [0, 0.1) is 5.92 Å². The van der Waals surface area contributed by atoms with Gasteiger partial charge in [-0.1, -0.05) is 31.5 Å². The molecule has 0 amide bonds. The molecule has 1 aromatic carbocycles. The molecule has 1 heterocycles. The quantitative estimate of drug-likeness (QED) is 0.878. The van der Waals surface area contributed by atoms with Crippen molar-refractivity contribution in [2.75, 3.05) is 6.54 Å². The minimum atomic E-state index is -0.530. The van der Waals surface area contributed by atoms with Gasteiger partial charge < -0.3 is 14.8 Å². The number of hydrogen-bond acceptors (Lipinski definition) is 3. The smallest absolute Gasteiger partial charge is 0.134 e. The fourth-order valence-corrected chi connectivity index (χ4v) is 3.34. The van der Waals surface area contributed by atoms with E-state index < -0.39 is 5.60 Å². The molecule has 0 radical (unpaired) electrons. The summed E-state index contributed by atoms with van der Waals surface area (Å²) < 4.78 is 5.78. The second-order valence-corrected chi connectivity index (χ2v) is 6.43. The summed E-state index contributed by atoms with van der Waals surface area (Å²) in [5, 5.41) is 15.1. The van der Waals surface area contributed by atoms with Crippen LogP contribution in [0.4, 0.5) is 0 Å². The van der Waals surface area contributed by atoms with Crippen LogP contribution >= 0.6 is 0 Å². The third-order valence-corrected chi connectivity index (χ3v) is 4.84. The van der Waals surface area contributed by atoms with Gasteiger partial charge >= 0.3 is 0 Å². The maximum absolute atomic E-state index is 10.6. The summed E-state index contributed by atoms with van der Waals surface area (Å²) in [6.45, 7) is 3.57. The van der Waals surface area contributed by atoms with E-state index in [0.717, 1.165) is 48.3 Å². The van der Waals surface area contributed by atoms with Gasteiger partial charge in [-0.2, -0.15) is 0 Å². The van der Waals surface area contributed by atoms with Crippen molar-refractivity contribution in [1.29, 1.82) is 0 Å². The van der Waals surface area contributed by atoms with Crippen LogP contribution in [0.1, 0.15) is 44.8 Å². The second kappa shape index (κ2) is 6.20. The zero-order valence-electron chi connectivity index (χ0n) is 12.8. The lowest BCUT2D eigenvalue weighted by molar-refractivity contribution is -0.00904. The van der Waals surface area contributed by atoms with Crippen molar-refractivity contribution in [2.45, 2.75) is 51.2 Å². The molecular formula is C18H25NO2. The van der Waals surface area contributed by atoms with Crippen molar-refractivity contribution in [3.63, 3.8) is 0 Å². The van der Waals surface area contributed by atoms with Gasteiger partial charge in [-0.3, -0.25) is 0 Å². The van der Waals surface area contributed by atoms with Crippen LogP contribution in [-0.2, 0) is 6.54 Å². The Labute approximate surface area is 126 Å². The molecule has 1 aromatic heterocycles. The summed E-state index contributed by atoms with van der Waals surface area (Å²) in [6, 6.07) is 10.1. The van der Waals surface area contributed by atoms with E-state index in [4.69, 9.17) is 4.42 Å². The van der Waals surface area contributed by atoms with Crippen molar-refractivity contribution >= 4 is 11.0 Å². The molecule has 21 heavy (non-hydrogen) atoms. The molecule has 0 saturated heterocycles. The predicted molar refractivity (Wildman–Crippen MR) is 85.1 cm³/mol. The summed E-state index contributed by atoms with van der Waals surface area (Å²) in [4.78, 5) is 0. The van der Waals surface area contributed by atoms with E-state index >= 15 is 0 Å². The number of rotatable bonds is 5. The molecule has 1 fully saturated rings. The third-order valence-electron chi connectivity index (χ3n) is 4.84. The lowest BCUT2D eigenvalue weighted by Crippen LogP contribution is -2.43. The summed E-state index contributed by atoms with van der Waals surface area (Å²) in [5.74, 6) is 1.74. The maximum Gasteiger partial charge on any atom is 0.134 e. The van der Waals surface area contributed by atoms with E-state index in [0.29, 0.717) is 13.1 Å². The number of aliphatic hydroxyl groups is 1. The lowest BCUT2D eigenvalue weighted by Gasteiger charge is -2.35. The van der Waals surface area contributed by atoms with Gasteiger partial charge in [-0.15, -0.1) is 0 Å². The average molecular weight is 287 g/mol. The van der Waals surface area contributed by atoms with Crippen molar-refractivity contribution in [2.24, 2.45) is 5.92 Å². The van der Waals surface area contributed by atoms with Gasteiger partial charge in [0.25, 0.3) is 0 Å². The zero-order valence-corrected chi connectivity index (χ0v) is 12.8. The van der Waals surface area contributed by atoms with Crippen molar-refractivity contribution in [3.8, 4) is 0 Å². The third kappa shape index (κ3) is 3.47. The van der Waals surface area contributed by atoms with Crippen LogP contribution in [0.3, 0.4) is 0 Å². The molecular weight excluding hydrogens is 262 g/mol. The highest BCUT2D eigenvalue weighted by molar-refractivity contribution is 5.77. The first-order valence-electron chi connectivity index (χ1n) is 8.09. The molecule has 2 N–H and O–H groups in total. The zero-order chi connectivity index (χ0) is 14.7. The van der Waals surface area contributed by atoms with Crippen molar-refractivity contribution < 1.29 is 9.52 Å². The largest absolute Gasteiger partial charge is 0.460 e. The predicted octanol–water partition coefficient (Wildman–Crippen LogP) is 3.85. The number of nitrogens with one attached hydrogen (secondary N) is 1. The van der Waals surface area contributed by atoms with Gasteiger partial charge in [0.1, 0.15) is 11.3 Å². The van der Waals surface area contributed by atoms with Crippen LogP contribution in [0.5, 0.6) is 0 Å². The van der Waals surface area contributed by atoms with Crippen molar-refractivity contribution in [1.82, 2.24) is 5.32 Å². The number of para-hydroxylation sites is 1. The molecule has 1 saturated carbocycles. The van der Waals surface area contributed by atoms with E-state index in [1.807, 2.05) is 18.2 Å². The van der Waals surface area contributed by atoms with Crippen LogP contribution in [0.15, 0.2) is 34.7 Å².